The highest BCUT2D eigenvalue weighted by Crippen LogP contribution is 2.13. The molecule has 0 aliphatic heterocycles. The number of carbonyl (C=O) groups excluding carboxylic acids is 1. The first-order valence-corrected chi connectivity index (χ1v) is 6.76. The van der Waals surface area contributed by atoms with Crippen LogP contribution in [0.2, 0.25) is 0 Å². The van der Waals surface area contributed by atoms with Crippen LogP contribution in [0.1, 0.15) is 21.5 Å². The Balaban J connectivity index is 0.00000288. The maximum absolute atomic E-state index is 12.0. The highest BCUT2D eigenvalue weighted by Gasteiger charge is 2.04. The fourth-order valence-electron chi connectivity index (χ4n) is 1.76. The lowest BCUT2D eigenvalue weighted by Crippen LogP contribution is -2.17. The van der Waals surface area contributed by atoms with Gasteiger partial charge in [0.2, 0.25) is 0 Å². The smallest absolute Gasteiger partial charge is 0.387 e. The molecule has 2 aromatic carbocycles. The van der Waals surface area contributed by atoms with Crippen LogP contribution >= 0.6 is 12.4 Å². The third-order valence-corrected chi connectivity index (χ3v) is 2.94. The molecule has 0 aromatic heterocycles. The highest BCUT2D eigenvalue weighted by molar-refractivity contribution is 5.94. The average molecular weight is 356 g/mol. The summed E-state index contributed by atoms with van der Waals surface area (Å²) in [5.41, 5.74) is 9.88. The quantitative estimate of drug-likeness (QED) is 0.618. The molecule has 0 atom stereocenters. The summed E-state index contributed by atoms with van der Waals surface area (Å²) in [6.45, 7) is -2.45. The Hall–Kier alpha value is -2.51. The predicted molar refractivity (Wildman–Crippen MR) is 89.7 cm³/mol. The van der Waals surface area contributed by atoms with Crippen LogP contribution in [0.25, 0.3) is 0 Å². The number of hydrazone groups is 1. The van der Waals surface area contributed by atoms with Gasteiger partial charge >= 0.3 is 6.61 Å². The first-order chi connectivity index (χ1) is 11.1. The summed E-state index contributed by atoms with van der Waals surface area (Å²) in [5, 5.41) is 3.81. The van der Waals surface area contributed by atoms with Crippen molar-refractivity contribution in [2.45, 2.75) is 13.2 Å². The van der Waals surface area contributed by atoms with Crippen molar-refractivity contribution in [3.05, 3.63) is 65.2 Å². The molecule has 0 heterocycles. The van der Waals surface area contributed by atoms with Crippen LogP contribution in [0, 0.1) is 0 Å². The number of carbonyl (C=O) groups is 1. The number of nitrogens with one attached hydrogen (secondary N) is 1. The normalized spacial score (nSPS) is 10.5. The minimum atomic E-state index is -2.86. The second-order valence-corrected chi connectivity index (χ2v) is 4.55. The Morgan fingerprint density at radius 3 is 2.33 bits per heavy atom. The molecular formula is C16H16ClF2N3O2. The van der Waals surface area contributed by atoms with Crippen LogP contribution in [-0.4, -0.2) is 18.7 Å². The second-order valence-electron chi connectivity index (χ2n) is 4.55. The van der Waals surface area contributed by atoms with E-state index in [1.54, 1.807) is 36.4 Å². The summed E-state index contributed by atoms with van der Waals surface area (Å²) < 4.78 is 28.3. The van der Waals surface area contributed by atoms with E-state index in [0.717, 1.165) is 5.56 Å². The number of benzene rings is 2. The van der Waals surface area contributed by atoms with Gasteiger partial charge in [0, 0.05) is 12.1 Å². The van der Waals surface area contributed by atoms with Crippen molar-refractivity contribution >= 4 is 24.5 Å². The van der Waals surface area contributed by atoms with E-state index >= 15 is 0 Å². The third-order valence-electron chi connectivity index (χ3n) is 2.94. The molecule has 1 amide bonds. The number of amides is 1. The third kappa shape index (κ3) is 5.94. The first kappa shape index (κ1) is 19.5. The van der Waals surface area contributed by atoms with Crippen LogP contribution in [0.3, 0.4) is 0 Å². The molecule has 3 N–H and O–H groups in total. The van der Waals surface area contributed by atoms with E-state index in [0.29, 0.717) is 17.7 Å². The molecule has 0 bridgehead atoms. The molecule has 24 heavy (non-hydrogen) atoms. The molecule has 2 rings (SSSR count). The number of alkyl halides is 2. The van der Waals surface area contributed by atoms with Gasteiger partial charge in [-0.1, -0.05) is 12.1 Å². The van der Waals surface area contributed by atoms with Gasteiger partial charge in [0.05, 0.1) is 6.21 Å². The standard InChI is InChI=1S/C16H15F2N3O2.ClH/c17-16(18)23-14-7-3-12(4-8-14)10-20-21-15(22)13-5-1-11(9-19)2-6-13;/h1-8,10,16H,9,19H2,(H,21,22);1H/b20-10+;. The molecule has 0 radical (unpaired) electrons. The summed E-state index contributed by atoms with van der Waals surface area (Å²) in [6.07, 6.45) is 1.40. The zero-order chi connectivity index (χ0) is 16.7. The van der Waals surface area contributed by atoms with E-state index in [1.165, 1.54) is 18.3 Å². The van der Waals surface area contributed by atoms with Crippen molar-refractivity contribution in [1.29, 1.82) is 0 Å². The fraction of sp³-hybridized carbons (Fsp3) is 0.125. The zero-order valence-electron chi connectivity index (χ0n) is 12.5. The minimum Gasteiger partial charge on any atom is -0.435 e. The monoisotopic (exact) mass is 355 g/mol. The Morgan fingerprint density at radius 1 is 1.17 bits per heavy atom. The van der Waals surface area contributed by atoms with Crippen LogP contribution in [0.15, 0.2) is 53.6 Å². The van der Waals surface area contributed by atoms with Crippen molar-refractivity contribution in [2.24, 2.45) is 10.8 Å². The van der Waals surface area contributed by atoms with Crippen LogP contribution in [-0.2, 0) is 6.54 Å². The predicted octanol–water partition coefficient (Wildman–Crippen LogP) is 2.93. The lowest BCUT2D eigenvalue weighted by atomic mass is 10.1. The summed E-state index contributed by atoms with van der Waals surface area (Å²) in [7, 11) is 0. The van der Waals surface area contributed by atoms with Crippen molar-refractivity contribution in [3.63, 3.8) is 0 Å². The van der Waals surface area contributed by atoms with Gasteiger partial charge in [-0.2, -0.15) is 13.9 Å². The summed E-state index contributed by atoms with van der Waals surface area (Å²) >= 11 is 0. The SMILES string of the molecule is Cl.NCc1ccc(C(=O)N/N=C/c2ccc(OC(F)F)cc2)cc1. The van der Waals surface area contributed by atoms with E-state index in [2.05, 4.69) is 15.3 Å². The molecule has 8 heteroatoms. The number of hydrogen-bond donors (Lipinski definition) is 2. The van der Waals surface area contributed by atoms with E-state index in [1.807, 2.05) is 0 Å². The number of nitrogens with two attached hydrogens (primary N) is 1. The molecule has 0 fully saturated rings. The summed E-state index contributed by atoms with van der Waals surface area (Å²) in [6, 6.07) is 12.7. The summed E-state index contributed by atoms with van der Waals surface area (Å²) in [4.78, 5) is 11.9. The number of rotatable bonds is 6. The summed E-state index contributed by atoms with van der Waals surface area (Å²) in [5.74, 6) is -0.302. The number of nitrogens with zero attached hydrogens (tertiary/aromatic N) is 1. The first-order valence-electron chi connectivity index (χ1n) is 6.76. The molecule has 128 valence electrons. The lowest BCUT2D eigenvalue weighted by molar-refractivity contribution is -0.0498. The van der Waals surface area contributed by atoms with Gasteiger partial charge in [-0.3, -0.25) is 4.79 Å². The van der Waals surface area contributed by atoms with Gasteiger partial charge in [-0.25, -0.2) is 5.43 Å². The molecule has 2 aromatic rings. The molecule has 0 saturated heterocycles. The number of hydrogen-bond acceptors (Lipinski definition) is 4. The lowest BCUT2D eigenvalue weighted by Gasteiger charge is -2.04. The molecule has 0 spiro atoms. The maximum atomic E-state index is 12.0. The molecular weight excluding hydrogens is 340 g/mol. The molecule has 0 aliphatic carbocycles. The molecule has 0 aliphatic rings. The minimum absolute atomic E-state index is 0. The number of halogens is 3. The molecule has 5 nitrogen and oxygen atoms in total. The van der Waals surface area contributed by atoms with Crippen LogP contribution < -0.4 is 15.9 Å². The van der Waals surface area contributed by atoms with Gasteiger partial charge in [0.1, 0.15) is 5.75 Å². The molecule has 0 unspecified atom stereocenters. The highest BCUT2D eigenvalue weighted by atomic mass is 35.5. The van der Waals surface area contributed by atoms with E-state index < -0.39 is 6.61 Å². The molecule has 0 saturated carbocycles. The fourth-order valence-corrected chi connectivity index (χ4v) is 1.76. The van der Waals surface area contributed by atoms with E-state index in [-0.39, 0.29) is 24.1 Å². The van der Waals surface area contributed by atoms with Crippen LogP contribution in [0.5, 0.6) is 5.75 Å². The van der Waals surface area contributed by atoms with Crippen LogP contribution in [0.4, 0.5) is 8.78 Å². The van der Waals surface area contributed by atoms with E-state index in [9.17, 15) is 13.6 Å². The van der Waals surface area contributed by atoms with Gasteiger partial charge < -0.3 is 10.5 Å². The van der Waals surface area contributed by atoms with Gasteiger partial charge in [0.25, 0.3) is 5.91 Å². The Morgan fingerprint density at radius 2 is 1.79 bits per heavy atom. The Bertz CT molecular complexity index is 677. The largest absolute Gasteiger partial charge is 0.435 e. The Kier molecular flexibility index (Phi) is 7.81. The van der Waals surface area contributed by atoms with Crippen molar-refractivity contribution in [1.82, 2.24) is 5.43 Å². The van der Waals surface area contributed by atoms with Crippen molar-refractivity contribution < 1.29 is 18.3 Å². The van der Waals surface area contributed by atoms with Gasteiger partial charge in [-0.05, 0) is 47.5 Å². The average Bonchev–Trinajstić information content (AvgIpc) is 2.56. The van der Waals surface area contributed by atoms with Crippen molar-refractivity contribution in [2.75, 3.05) is 0 Å². The van der Waals surface area contributed by atoms with Crippen molar-refractivity contribution in [3.8, 4) is 5.75 Å². The van der Waals surface area contributed by atoms with E-state index in [4.69, 9.17) is 5.73 Å². The topological polar surface area (TPSA) is 76.7 Å². The zero-order valence-corrected chi connectivity index (χ0v) is 13.3. The second kappa shape index (κ2) is 9.59. The Labute approximate surface area is 143 Å². The van der Waals surface area contributed by atoms with Gasteiger partial charge in [-0.15, -0.1) is 12.4 Å². The number of ether oxygens (including phenoxy) is 1. The van der Waals surface area contributed by atoms with Gasteiger partial charge in [0.15, 0.2) is 0 Å². The maximum Gasteiger partial charge on any atom is 0.387 e.